The maximum Gasteiger partial charge on any atom is 0.0463 e. The number of hydrogen-bond donors (Lipinski definition) is 1. The lowest BCUT2D eigenvalue weighted by molar-refractivity contribution is 0.150. The van der Waals surface area contributed by atoms with Gasteiger partial charge in [-0.1, -0.05) is 128 Å². The van der Waals surface area contributed by atoms with Gasteiger partial charge in [0.25, 0.3) is 0 Å². The summed E-state index contributed by atoms with van der Waals surface area (Å²) in [7, 11) is 0. The Morgan fingerprint density at radius 3 is 1.51 bits per heavy atom. The second-order valence-electron chi connectivity index (χ2n) is 10.5. The zero-order chi connectivity index (χ0) is 25.4. The third-order valence-corrected chi connectivity index (χ3v) is 8.52. The molecule has 0 spiro atoms. The molecule has 0 atom stereocenters. The van der Waals surface area contributed by atoms with Crippen molar-refractivity contribution in [2.24, 2.45) is 0 Å². The minimum absolute atomic E-state index is 0.179. The number of likely N-dealkylation sites (tertiary alicyclic amines) is 1. The summed E-state index contributed by atoms with van der Waals surface area (Å²) in [4.78, 5) is 2.71. The predicted octanol–water partition coefficient (Wildman–Crippen LogP) is 7.05. The van der Waals surface area contributed by atoms with Crippen molar-refractivity contribution in [1.82, 2.24) is 10.2 Å². The molecule has 2 heteroatoms. The van der Waals surface area contributed by atoms with Crippen LogP contribution in [0.4, 0.5) is 0 Å². The molecule has 37 heavy (non-hydrogen) atoms. The summed E-state index contributed by atoms with van der Waals surface area (Å²) in [5.41, 5.74) is 5.65. The van der Waals surface area contributed by atoms with Crippen LogP contribution in [0, 0.1) is 0 Å². The van der Waals surface area contributed by atoms with Gasteiger partial charge in [-0.05, 0) is 67.7 Å². The Bertz CT molecular complexity index is 1100. The Labute approximate surface area is 223 Å². The van der Waals surface area contributed by atoms with Crippen LogP contribution in [-0.2, 0) is 10.8 Å². The summed E-state index contributed by atoms with van der Waals surface area (Å²) in [6, 6.07) is 44.6. The number of piperidine rings is 1. The Morgan fingerprint density at radius 2 is 1.08 bits per heavy atom. The van der Waals surface area contributed by atoms with Gasteiger partial charge in [-0.2, -0.15) is 0 Å². The van der Waals surface area contributed by atoms with Gasteiger partial charge >= 0.3 is 0 Å². The van der Waals surface area contributed by atoms with Crippen molar-refractivity contribution in [3.63, 3.8) is 0 Å². The van der Waals surface area contributed by atoms with E-state index in [1.54, 1.807) is 0 Å². The van der Waals surface area contributed by atoms with E-state index in [4.69, 9.17) is 0 Å². The normalized spacial score (nSPS) is 15.9. The van der Waals surface area contributed by atoms with E-state index >= 15 is 0 Å². The lowest BCUT2D eigenvalue weighted by atomic mass is 9.67. The SMILES string of the molecule is CCNCC1(c2ccccc2)CCN(CCC(c2ccccc2)(c2ccccc2)c2ccccc2)CC1. The second-order valence-corrected chi connectivity index (χ2v) is 10.5. The number of nitrogens with zero attached hydrogens (tertiary/aromatic N) is 1. The second kappa shape index (κ2) is 11.9. The molecule has 0 amide bonds. The molecule has 0 unspecified atom stereocenters. The molecule has 1 aliphatic heterocycles. The van der Waals surface area contributed by atoms with E-state index in [0.29, 0.717) is 0 Å². The standard InChI is InChI=1S/C35H40N2/c1-2-36-29-34(30-15-7-3-8-16-30)23-26-37(27-24-34)28-25-35(31-17-9-4-10-18-31,32-19-11-5-12-20-32)33-21-13-6-14-22-33/h3-22,36H,2,23-29H2,1H3. The molecule has 0 radical (unpaired) electrons. The van der Waals surface area contributed by atoms with Gasteiger partial charge in [0.2, 0.25) is 0 Å². The third kappa shape index (κ3) is 5.42. The smallest absolute Gasteiger partial charge is 0.0463 e. The molecule has 1 N–H and O–H groups in total. The van der Waals surface area contributed by atoms with Crippen molar-refractivity contribution in [3.8, 4) is 0 Å². The monoisotopic (exact) mass is 488 g/mol. The van der Waals surface area contributed by atoms with Crippen LogP contribution in [-0.4, -0.2) is 37.6 Å². The molecule has 2 nitrogen and oxygen atoms in total. The van der Waals surface area contributed by atoms with Crippen molar-refractivity contribution < 1.29 is 0 Å². The zero-order valence-corrected chi connectivity index (χ0v) is 22.2. The van der Waals surface area contributed by atoms with Gasteiger partial charge < -0.3 is 10.2 Å². The van der Waals surface area contributed by atoms with Gasteiger partial charge in [-0.15, -0.1) is 0 Å². The molecule has 4 aromatic carbocycles. The first-order valence-corrected chi connectivity index (χ1v) is 13.9. The van der Waals surface area contributed by atoms with Crippen LogP contribution in [0.1, 0.15) is 48.4 Å². The molecule has 1 aliphatic rings. The van der Waals surface area contributed by atoms with Crippen LogP contribution >= 0.6 is 0 Å². The first-order valence-electron chi connectivity index (χ1n) is 13.9. The lowest BCUT2D eigenvalue weighted by Gasteiger charge is -2.44. The van der Waals surface area contributed by atoms with E-state index in [-0.39, 0.29) is 10.8 Å². The number of rotatable bonds is 10. The molecule has 1 heterocycles. The highest BCUT2D eigenvalue weighted by Crippen LogP contribution is 2.43. The summed E-state index contributed by atoms with van der Waals surface area (Å²) in [5.74, 6) is 0. The molecule has 1 fully saturated rings. The van der Waals surface area contributed by atoms with Crippen molar-refractivity contribution in [3.05, 3.63) is 144 Å². The van der Waals surface area contributed by atoms with Crippen molar-refractivity contribution in [1.29, 1.82) is 0 Å². The maximum absolute atomic E-state index is 3.67. The first-order chi connectivity index (χ1) is 18.3. The number of hydrogen-bond acceptors (Lipinski definition) is 2. The largest absolute Gasteiger partial charge is 0.316 e. The van der Waals surface area contributed by atoms with Crippen LogP contribution in [0.25, 0.3) is 0 Å². The fourth-order valence-corrected chi connectivity index (χ4v) is 6.36. The van der Waals surface area contributed by atoms with Crippen LogP contribution in [0.3, 0.4) is 0 Å². The van der Waals surface area contributed by atoms with E-state index in [1.807, 2.05) is 0 Å². The number of benzene rings is 4. The van der Waals surface area contributed by atoms with E-state index in [0.717, 1.165) is 39.1 Å². The zero-order valence-electron chi connectivity index (χ0n) is 22.2. The van der Waals surface area contributed by atoms with Gasteiger partial charge in [0.1, 0.15) is 0 Å². The molecule has 0 aromatic heterocycles. The molecule has 0 saturated carbocycles. The Morgan fingerprint density at radius 1 is 0.649 bits per heavy atom. The molecule has 1 saturated heterocycles. The Kier molecular flexibility index (Phi) is 8.18. The third-order valence-electron chi connectivity index (χ3n) is 8.52. The summed E-state index contributed by atoms with van der Waals surface area (Å²) in [5, 5.41) is 3.67. The summed E-state index contributed by atoms with van der Waals surface area (Å²) in [6.07, 6.45) is 3.44. The molecule has 4 aromatic rings. The molecule has 0 aliphatic carbocycles. The Balaban J connectivity index is 1.42. The summed E-state index contributed by atoms with van der Waals surface area (Å²) in [6.45, 7) is 7.63. The van der Waals surface area contributed by atoms with E-state index < -0.39 is 0 Å². The summed E-state index contributed by atoms with van der Waals surface area (Å²) < 4.78 is 0. The molecule has 5 rings (SSSR count). The minimum atomic E-state index is -0.179. The maximum atomic E-state index is 3.67. The average molecular weight is 489 g/mol. The van der Waals surface area contributed by atoms with E-state index in [2.05, 4.69) is 138 Å². The van der Waals surface area contributed by atoms with Crippen LogP contribution in [0.5, 0.6) is 0 Å². The molecular weight excluding hydrogens is 448 g/mol. The number of likely N-dealkylation sites (N-methyl/N-ethyl adjacent to an activating group) is 1. The van der Waals surface area contributed by atoms with Crippen LogP contribution in [0.2, 0.25) is 0 Å². The fourth-order valence-electron chi connectivity index (χ4n) is 6.36. The van der Waals surface area contributed by atoms with Gasteiger partial charge in [0.15, 0.2) is 0 Å². The number of nitrogens with one attached hydrogen (secondary N) is 1. The topological polar surface area (TPSA) is 15.3 Å². The minimum Gasteiger partial charge on any atom is -0.316 e. The highest BCUT2D eigenvalue weighted by molar-refractivity contribution is 5.50. The highest BCUT2D eigenvalue weighted by Gasteiger charge is 2.39. The van der Waals surface area contributed by atoms with Gasteiger partial charge in [0.05, 0.1) is 0 Å². The van der Waals surface area contributed by atoms with Crippen molar-refractivity contribution in [2.45, 2.75) is 37.0 Å². The summed E-state index contributed by atoms with van der Waals surface area (Å²) >= 11 is 0. The van der Waals surface area contributed by atoms with Crippen LogP contribution in [0.15, 0.2) is 121 Å². The predicted molar refractivity (Wildman–Crippen MR) is 156 cm³/mol. The van der Waals surface area contributed by atoms with Gasteiger partial charge in [-0.3, -0.25) is 0 Å². The fraction of sp³-hybridized carbons (Fsp3) is 0.314. The van der Waals surface area contributed by atoms with Gasteiger partial charge in [0, 0.05) is 17.4 Å². The van der Waals surface area contributed by atoms with Crippen molar-refractivity contribution in [2.75, 3.05) is 32.7 Å². The molecule has 190 valence electrons. The Hall–Kier alpha value is -3.20. The van der Waals surface area contributed by atoms with E-state index in [1.165, 1.54) is 35.1 Å². The van der Waals surface area contributed by atoms with Crippen molar-refractivity contribution >= 4 is 0 Å². The highest BCUT2D eigenvalue weighted by atomic mass is 15.1. The van der Waals surface area contributed by atoms with Gasteiger partial charge in [-0.25, -0.2) is 0 Å². The van der Waals surface area contributed by atoms with E-state index in [9.17, 15) is 0 Å². The first kappa shape index (κ1) is 25.4. The molecular formula is C35H40N2. The van der Waals surface area contributed by atoms with Crippen LogP contribution < -0.4 is 5.32 Å². The molecule has 0 bridgehead atoms. The average Bonchev–Trinajstić information content (AvgIpc) is 2.99. The lowest BCUT2D eigenvalue weighted by Crippen LogP contribution is -2.48. The quantitative estimate of drug-likeness (QED) is 0.241.